The zero-order valence-corrected chi connectivity index (χ0v) is 18.3. The fourth-order valence-electron chi connectivity index (χ4n) is 3.82. The molecule has 0 amide bonds. The molecule has 0 spiro atoms. The van der Waals surface area contributed by atoms with Crippen molar-refractivity contribution in [2.24, 2.45) is 7.05 Å². The number of carbonyl (C=O) groups excluding carboxylic acids is 1. The van der Waals surface area contributed by atoms with Crippen LogP contribution in [0.25, 0.3) is 17.0 Å². The van der Waals surface area contributed by atoms with Crippen LogP contribution in [0.5, 0.6) is 17.2 Å². The minimum atomic E-state index is -0.155. The minimum Gasteiger partial charge on any atom is -0.497 e. The van der Waals surface area contributed by atoms with Crippen molar-refractivity contribution in [3.8, 4) is 17.2 Å². The molecule has 6 heteroatoms. The Hall–Kier alpha value is -3.70. The largest absolute Gasteiger partial charge is 0.497 e. The Kier molecular flexibility index (Phi) is 5.11. The van der Waals surface area contributed by atoms with Crippen LogP contribution in [0.3, 0.4) is 0 Å². The molecule has 0 atom stereocenters. The van der Waals surface area contributed by atoms with Crippen molar-refractivity contribution in [1.29, 1.82) is 0 Å². The minimum absolute atomic E-state index is 0.155. The van der Waals surface area contributed by atoms with E-state index in [0.717, 1.165) is 27.8 Å². The number of methoxy groups -OCH3 is 1. The number of Topliss-reactive ketones (excluding diaryl/α,β-unsaturated/α-hetero) is 1. The fourth-order valence-corrected chi connectivity index (χ4v) is 4.01. The molecule has 0 aliphatic carbocycles. The predicted octanol–water partition coefficient (Wildman–Crippen LogP) is 6.04. The Morgan fingerprint density at radius 1 is 1.06 bits per heavy atom. The molecular weight excluding hydrogens is 426 g/mol. The molecule has 5 rings (SSSR count). The van der Waals surface area contributed by atoms with Gasteiger partial charge in [-0.05, 0) is 42.5 Å². The van der Waals surface area contributed by atoms with Crippen molar-refractivity contribution in [1.82, 2.24) is 4.57 Å². The normalized spacial score (nSPS) is 14.0. The van der Waals surface area contributed by atoms with Gasteiger partial charge in [0.05, 0.1) is 12.7 Å². The highest BCUT2D eigenvalue weighted by molar-refractivity contribution is 6.31. The van der Waals surface area contributed by atoms with E-state index in [1.165, 1.54) is 0 Å². The number of ketones is 1. The van der Waals surface area contributed by atoms with Crippen LogP contribution in [0.15, 0.2) is 72.6 Å². The van der Waals surface area contributed by atoms with E-state index < -0.39 is 0 Å². The zero-order valence-electron chi connectivity index (χ0n) is 17.6. The third-order valence-electron chi connectivity index (χ3n) is 5.51. The average molecular weight is 446 g/mol. The summed E-state index contributed by atoms with van der Waals surface area (Å²) in [7, 11) is 3.60. The van der Waals surface area contributed by atoms with Crippen molar-refractivity contribution in [3.63, 3.8) is 0 Å². The molecule has 1 aliphatic rings. The van der Waals surface area contributed by atoms with Crippen LogP contribution in [0, 0.1) is 0 Å². The quantitative estimate of drug-likeness (QED) is 0.352. The van der Waals surface area contributed by atoms with Crippen LogP contribution in [-0.2, 0) is 13.7 Å². The Bertz CT molecular complexity index is 1390. The number of carbonyl (C=O) groups is 1. The van der Waals surface area contributed by atoms with Crippen molar-refractivity contribution in [3.05, 3.63) is 94.3 Å². The van der Waals surface area contributed by atoms with E-state index in [9.17, 15) is 4.79 Å². The highest BCUT2D eigenvalue weighted by atomic mass is 35.5. The number of fused-ring (bicyclic) bond motifs is 2. The lowest BCUT2D eigenvalue weighted by atomic mass is 10.1. The summed E-state index contributed by atoms with van der Waals surface area (Å²) in [6, 6.07) is 18.6. The van der Waals surface area contributed by atoms with E-state index in [-0.39, 0.29) is 11.5 Å². The van der Waals surface area contributed by atoms with Gasteiger partial charge in [-0.3, -0.25) is 4.79 Å². The Balaban J connectivity index is 1.41. The SMILES string of the molecule is COc1ccc2c(c1)c(/C=C1/Oc3cc(OCc4ccccc4Cl)ccc3C1=O)cn2C. The van der Waals surface area contributed by atoms with Gasteiger partial charge in [-0.1, -0.05) is 29.8 Å². The van der Waals surface area contributed by atoms with Crippen LogP contribution < -0.4 is 14.2 Å². The van der Waals surface area contributed by atoms with Gasteiger partial charge < -0.3 is 18.8 Å². The summed E-state index contributed by atoms with van der Waals surface area (Å²) in [6.07, 6.45) is 3.74. The summed E-state index contributed by atoms with van der Waals surface area (Å²) in [5.74, 6) is 1.96. The summed E-state index contributed by atoms with van der Waals surface area (Å²) in [4.78, 5) is 12.9. The topological polar surface area (TPSA) is 49.7 Å². The van der Waals surface area contributed by atoms with E-state index >= 15 is 0 Å². The number of hydrogen-bond donors (Lipinski definition) is 0. The number of benzene rings is 3. The number of hydrogen-bond acceptors (Lipinski definition) is 4. The molecule has 0 unspecified atom stereocenters. The molecule has 1 aromatic heterocycles. The zero-order chi connectivity index (χ0) is 22.2. The van der Waals surface area contributed by atoms with Crippen molar-refractivity contribution >= 4 is 34.4 Å². The van der Waals surface area contributed by atoms with Gasteiger partial charge in [-0.15, -0.1) is 0 Å². The first kappa shape index (κ1) is 20.2. The van der Waals surface area contributed by atoms with Crippen LogP contribution in [0.2, 0.25) is 5.02 Å². The third-order valence-corrected chi connectivity index (χ3v) is 5.88. The van der Waals surface area contributed by atoms with Gasteiger partial charge in [0.25, 0.3) is 0 Å². The highest BCUT2D eigenvalue weighted by Crippen LogP contribution is 2.36. The maximum absolute atomic E-state index is 12.9. The number of halogens is 1. The van der Waals surface area contributed by atoms with Gasteiger partial charge in [0.1, 0.15) is 23.9 Å². The molecule has 160 valence electrons. The average Bonchev–Trinajstić information content (AvgIpc) is 3.28. The summed E-state index contributed by atoms with van der Waals surface area (Å²) in [5, 5.41) is 1.63. The summed E-state index contributed by atoms with van der Waals surface area (Å²) >= 11 is 6.20. The Morgan fingerprint density at radius 3 is 2.69 bits per heavy atom. The van der Waals surface area contributed by atoms with E-state index in [2.05, 4.69) is 0 Å². The molecule has 0 saturated carbocycles. The van der Waals surface area contributed by atoms with Crippen LogP contribution in [0.4, 0.5) is 0 Å². The first-order valence-electron chi connectivity index (χ1n) is 10.1. The van der Waals surface area contributed by atoms with E-state index in [1.54, 1.807) is 31.4 Å². The second kappa shape index (κ2) is 8.09. The van der Waals surface area contributed by atoms with Gasteiger partial charge in [0, 0.05) is 46.4 Å². The number of ether oxygens (including phenoxy) is 3. The molecule has 0 fully saturated rings. The monoisotopic (exact) mass is 445 g/mol. The first-order valence-corrected chi connectivity index (χ1v) is 10.5. The van der Waals surface area contributed by atoms with E-state index in [0.29, 0.717) is 28.7 Å². The number of nitrogens with zero attached hydrogens (tertiary/aromatic N) is 1. The summed E-state index contributed by atoms with van der Waals surface area (Å²) in [6.45, 7) is 0.326. The molecule has 3 aromatic carbocycles. The van der Waals surface area contributed by atoms with Gasteiger partial charge >= 0.3 is 0 Å². The second-order valence-electron chi connectivity index (χ2n) is 7.56. The van der Waals surface area contributed by atoms with Gasteiger partial charge in [-0.2, -0.15) is 0 Å². The van der Waals surface area contributed by atoms with Crippen molar-refractivity contribution in [2.45, 2.75) is 6.61 Å². The highest BCUT2D eigenvalue weighted by Gasteiger charge is 2.28. The lowest BCUT2D eigenvalue weighted by molar-refractivity contribution is 0.101. The van der Waals surface area contributed by atoms with Crippen LogP contribution in [0.1, 0.15) is 21.5 Å². The molecule has 4 aromatic rings. The van der Waals surface area contributed by atoms with Crippen molar-refractivity contribution < 1.29 is 19.0 Å². The number of allylic oxidation sites excluding steroid dienone is 1. The lowest BCUT2D eigenvalue weighted by Crippen LogP contribution is -1.98. The molecular formula is C26H20ClNO4. The maximum Gasteiger partial charge on any atom is 0.231 e. The lowest BCUT2D eigenvalue weighted by Gasteiger charge is -2.08. The predicted molar refractivity (Wildman–Crippen MR) is 125 cm³/mol. The van der Waals surface area contributed by atoms with Crippen molar-refractivity contribution in [2.75, 3.05) is 7.11 Å². The van der Waals surface area contributed by atoms with Gasteiger partial charge in [0.15, 0.2) is 5.76 Å². The van der Waals surface area contributed by atoms with E-state index in [4.69, 9.17) is 25.8 Å². The number of aryl methyl sites for hydroxylation is 1. The van der Waals surface area contributed by atoms with Crippen LogP contribution in [-0.4, -0.2) is 17.5 Å². The number of rotatable bonds is 5. The molecule has 32 heavy (non-hydrogen) atoms. The molecule has 5 nitrogen and oxygen atoms in total. The molecule has 0 saturated heterocycles. The second-order valence-corrected chi connectivity index (χ2v) is 7.96. The molecule has 0 N–H and O–H groups in total. The smallest absolute Gasteiger partial charge is 0.231 e. The number of aromatic nitrogens is 1. The summed E-state index contributed by atoms with van der Waals surface area (Å²) in [5.41, 5.74) is 3.32. The standard InChI is InChI=1S/C26H20ClNO4/c1-28-14-17(21-12-18(30-2)8-10-23(21)28)11-25-26(29)20-9-7-19(13-24(20)32-25)31-15-16-5-3-4-6-22(16)27/h3-14H,15H2,1-2H3/b25-11+. The molecule has 0 bridgehead atoms. The molecule has 0 radical (unpaired) electrons. The summed E-state index contributed by atoms with van der Waals surface area (Å²) < 4.78 is 19.1. The van der Waals surface area contributed by atoms with Gasteiger partial charge in [0.2, 0.25) is 5.78 Å². The first-order chi connectivity index (χ1) is 15.5. The van der Waals surface area contributed by atoms with Crippen LogP contribution >= 0.6 is 11.6 Å². The molecule has 2 heterocycles. The Labute approximate surface area is 190 Å². The molecule has 1 aliphatic heterocycles. The fraction of sp³-hybridized carbons (Fsp3) is 0.115. The maximum atomic E-state index is 12.9. The van der Waals surface area contributed by atoms with Gasteiger partial charge in [-0.25, -0.2) is 0 Å². The Morgan fingerprint density at radius 2 is 1.88 bits per heavy atom. The van der Waals surface area contributed by atoms with E-state index in [1.807, 2.05) is 60.3 Å². The third kappa shape index (κ3) is 3.61.